The zero-order valence-corrected chi connectivity index (χ0v) is 20.1. The maximum absolute atomic E-state index is 13.8. The van der Waals surface area contributed by atoms with E-state index in [9.17, 15) is 35.9 Å². The molecule has 1 fully saturated rings. The van der Waals surface area contributed by atoms with Crippen LogP contribution in [-0.4, -0.2) is 50.1 Å². The van der Waals surface area contributed by atoms with Gasteiger partial charge in [0, 0.05) is 5.88 Å². The van der Waals surface area contributed by atoms with Gasteiger partial charge in [-0.15, -0.1) is 11.6 Å². The topological polar surface area (TPSA) is 47.1 Å². The van der Waals surface area contributed by atoms with Gasteiger partial charge in [-0.3, -0.25) is 0 Å². The molecule has 2 unspecified atom stereocenters. The van der Waals surface area contributed by atoms with Crippen LogP contribution in [0.1, 0.15) is 22.3 Å². The third-order valence-corrected chi connectivity index (χ3v) is 6.91. The number of hydrazine groups is 2. The van der Waals surface area contributed by atoms with E-state index >= 15 is 0 Å². The normalized spacial score (nSPS) is 21.3. The smallest absolute Gasteiger partial charge is 0.244 e. The molecular formula is C25H19ClF6N4O2. The van der Waals surface area contributed by atoms with E-state index in [1.807, 2.05) is 0 Å². The lowest BCUT2D eigenvalue weighted by molar-refractivity contribution is -0.141. The van der Waals surface area contributed by atoms with Crippen LogP contribution >= 0.6 is 11.6 Å². The Labute approximate surface area is 217 Å². The summed E-state index contributed by atoms with van der Waals surface area (Å²) in [5.41, 5.74) is -2.08. The van der Waals surface area contributed by atoms with Crippen molar-refractivity contribution in [2.75, 3.05) is 5.88 Å². The molecule has 200 valence electrons. The van der Waals surface area contributed by atoms with E-state index in [4.69, 9.17) is 11.6 Å². The summed E-state index contributed by atoms with van der Waals surface area (Å²) in [4.78, 5) is 27.6. The Bertz CT molecular complexity index is 1340. The summed E-state index contributed by atoms with van der Waals surface area (Å²) >= 11 is 6.02. The monoisotopic (exact) mass is 556 g/mol. The fourth-order valence-corrected chi connectivity index (χ4v) is 5.13. The second-order valence-corrected chi connectivity index (χ2v) is 9.14. The number of urea groups is 2. The summed E-state index contributed by atoms with van der Waals surface area (Å²) in [5, 5.41) is 3.70. The minimum atomic E-state index is -4.76. The number of alkyl halides is 7. The molecule has 2 aromatic rings. The number of halogens is 7. The first-order valence-corrected chi connectivity index (χ1v) is 11.9. The van der Waals surface area contributed by atoms with Crippen LogP contribution in [0.5, 0.6) is 0 Å². The zero-order chi connectivity index (χ0) is 27.4. The van der Waals surface area contributed by atoms with Crippen molar-refractivity contribution in [3.05, 3.63) is 94.6 Å². The molecule has 4 amide bonds. The van der Waals surface area contributed by atoms with Gasteiger partial charge in [0.1, 0.15) is 0 Å². The van der Waals surface area contributed by atoms with Gasteiger partial charge < -0.3 is 0 Å². The van der Waals surface area contributed by atoms with Gasteiger partial charge in [0.2, 0.25) is 0 Å². The zero-order valence-electron chi connectivity index (χ0n) is 19.4. The summed E-state index contributed by atoms with van der Waals surface area (Å²) in [6, 6.07) is 5.79. The third kappa shape index (κ3) is 4.36. The third-order valence-electron chi connectivity index (χ3n) is 6.60. The van der Waals surface area contributed by atoms with Gasteiger partial charge in [-0.2, -0.15) is 26.3 Å². The van der Waals surface area contributed by atoms with E-state index in [1.165, 1.54) is 24.3 Å². The summed E-state index contributed by atoms with van der Waals surface area (Å²) in [6.45, 7) is -1.41. The molecule has 0 aromatic heterocycles. The maximum Gasteiger partial charge on any atom is 0.416 e. The van der Waals surface area contributed by atoms with Crippen LogP contribution in [0.15, 0.2) is 72.3 Å². The number of benzene rings is 2. The predicted octanol–water partition coefficient (Wildman–Crippen LogP) is 6.20. The van der Waals surface area contributed by atoms with Crippen molar-refractivity contribution < 1.29 is 35.9 Å². The number of hydrogen-bond donors (Lipinski definition) is 0. The quantitative estimate of drug-likeness (QED) is 0.250. The van der Waals surface area contributed by atoms with E-state index in [0.717, 1.165) is 44.3 Å². The molecule has 3 heterocycles. The van der Waals surface area contributed by atoms with Crippen LogP contribution in [-0.2, 0) is 25.4 Å². The standard InChI is InChI=1S/C25H19ClF6N4O2/c26-12-17-11-18-9-10-21(17)36-23(38)34(14-16-6-2-4-8-20(16)25(30,31)32)33(22(37)35(18)36)13-15-5-1-3-7-19(15)24(27,28)29/h1-11,18,21H,12-14H2. The summed E-state index contributed by atoms with van der Waals surface area (Å²) in [5.74, 6) is 0.0386. The lowest BCUT2D eigenvalue weighted by Gasteiger charge is -2.56. The highest BCUT2D eigenvalue weighted by molar-refractivity contribution is 6.19. The van der Waals surface area contributed by atoms with Crippen LogP contribution in [0.4, 0.5) is 35.9 Å². The summed E-state index contributed by atoms with van der Waals surface area (Å²) in [7, 11) is 0. The van der Waals surface area contributed by atoms with E-state index < -0.39 is 60.7 Å². The maximum atomic E-state index is 13.8. The number of rotatable bonds is 5. The fraction of sp³-hybridized carbons (Fsp3) is 0.280. The first-order valence-electron chi connectivity index (χ1n) is 11.4. The highest BCUT2D eigenvalue weighted by Crippen LogP contribution is 2.39. The molecular weight excluding hydrogens is 538 g/mol. The predicted molar refractivity (Wildman–Crippen MR) is 124 cm³/mol. The van der Waals surface area contributed by atoms with E-state index in [0.29, 0.717) is 5.57 Å². The van der Waals surface area contributed by atoms with Crippen LogP contribution in [0.25, 0.3) is 0 Å². The average molecular weight is 557 g/mol. The van der Waals surface area contributed by atoms with Gasteiger partial charge in [-0.05, 0) is 28.8 Å². The van der Waals surface area contributed by atoms with Crippen LogP contribution in [0.3, 0.4) is 0 Å². The number of hydrogen-bond acceptors (Lipinski definition) is 2. The summed E-state index contributed by atoms with van der Waals surface area (Å²) < 4.78 is 82.4. The van der Waals surface area contributed by atoms with Gasteiger partial charge in [0.25, 0.3) is 0 Å². The highest BCUT2D eigenvalue weighted by atomic mass is 35.5. The van der Waals surface area contributed by atoms with Crippen molar-refractivity contribution in [2.45, 2.75) is 37.5 Å². The molecule has 0 N–H and O–H groups in total. The SMILES string of the molecule is O=C1N(Cc2ccccc2C(F)(F)F)N(Cc2ccccc2C(F)(F)F)C(=O)N2C3C=CC(C=C3CCl)N12. The largest absolute Gasteiger partial charge is 0.416 e. The van der Waals surface area contributed by atoms with E-state index in [1.54, 1.807) is 18.2 Å². The Morgan fingerprint density at radius 3 is 1.66 bits per heavy atom. The Morgan fingerprint density at radius 1 is 0.711 bits per heavy atom. The van der Waals surface area contributed by atoms with Crippen LogP contribution in [0, 0.1) is 0 Å². The molecule has 6 nitrogen and oxygen atoms in total. The molecule has 4 aliphatic rings. The van der Waals surface area contributed by atoms with E-state index in [-0.39, 0.29) is 17.0 Å². The molecule has 0 spiro atoms. The molecule has 2 aromatic carbocycles. The number of carbonyl (C=O) groups excluding carboxylic acids is 2. The average Bonchev–Trinajstić information content (AvgIpc) is 2.88. The van der Waals surface area contributed by atoms with Crippen molar-refractivity contribution in [3.63, 3.8) is 0 Å². The van der Waals surface area contributed by atoms with Crippen molar-refractivity contribution in [1.82, 2.24) is 20.0 Å². The molecule has 6 rings (SSSR count). The van der Waals surface area contributed by atoms with Gasteiger partial charge in [0.15, 0.2) is 0 Å². The van der Waals surface area contributed by atoms with Crippen molar-refractivity contribution >= 4 is 23.7 Å². The van der Waals surface area contributed by atoms with Crippen LogP contribution < -0.4 is 0 Å². The van der Waals surface area contributed by atoms with Crippen molar-refractivity contribution in [3.8, 4) is 0 Å². The number of amides is 4. The molecule has 13 heteroatoms. The second kappa shape index (κ2) is 9.26. The Kier molecular flexibility index (Phi) is 6.33. The Morgan fingerprint density at radius 2 is 1.18 bits per heavy atom. The molecule has 0 radical (unpaired) electrons. The lowest BCUT2D eigenvalue weighted by atomic mass is 9.94. The van der Waals surface area contributed by atoms with Crippen molar-refractivity contribution in [1.29, 1.82) is 0 Å². The minimum absolute atomic E-state index is 0.0386. The number of nitrogens with zero attached hydrogens (tertiary/aromatic N) is 4. The Hall–Kier alpha value is -3.67. The van der Waals surface area contributed by atoms with Gasteiger partial charge >= 0.3 is 24.4 Å². The first kappa shape index (κ1) is 26.0. The van der Waals surface area contributed by atoms with Crippen molar-refractivity contribution in [2.24, 2.45) is 0 Å². The van der Waals surface area contributed by atoms with Gasteiger partial charge in [-0.1, -0.05) is 54.6 Å². The molecule has 3 aliphatic heterocycles. The number of carbonyl (C=O) groups is 2. The van der Waals surface area contributed by atoms with Gasteiger partial charge in [0.05, 0.1) is 36.3 Å². The molecule has 2 atom stereocenters. The summed E-state index contributed by atoms with van der Waals surface area (Å²) in [6.07, 6.45) is -4.54. The molecule has 1 saturated heterocycles. The Balaban J connectivity index is 1.60. The lowest BCUT2D eigenvalue weighted by Crippen LogP contribution is -2.74. The first-order chi connectivity index (χ1) is 17.9. The van der Waals surface area contributed by atoms with E-state index in [2.05, 4.69) is 0 Å². The molecule has 0 saturated carbocycles. The minimum Gasteiger partial charge on any atom is -0.244 e. The van der Waals surface area contributed by atoms with Crippen LogP contribution in [0.2, 0.25) is 0 Å². The second-order valence-electron chi connectivity index (χ2n) is 8.87. The molecule has 1 aliphatic carbocycles. The molecule has 38 heavy (non-hydrogen) atoms. The highest BCUT2D eigenvalue weighted by Gasteiger charge is 2.52. The molecule has 2 bridgehead atoms. The van der Waals surface area contributed by atoms with Gasteiger partial charge in [-0.25, -0.2) is 29.6 Å². The fourth-order valence-electron chi connectivity index (χ4n) is 4.88.